The summed E-state index contributed by atoms with van der Waals surface area (Å²) >= 11 is 5.87. The second-order valence-electron chi connectivity index (χ2n) is 6.86. The van der Waals surface area contributed by atoms with Crippen LogP contribution in [-0.2, 0) is 4.79 Å². The number of hydrogen-bond acceptors (Lipinski definition) is 6. The summed E-state index contributed by atoms with van der Waals surface area (Å²) in [6, 6.07) is 11.1. The van der Waals surface area contributed by atoms with E-state index in [-0.39, 0.29) is 36.5 Å². The lowest BCUT2D eigenvalue weighted by Crippen LogP contribution is -2.24. The maximum Gasteiger partial charge on any atom is 0.573 e. The van der Waals surface area contributed by atoms with Crippen LogP contribution in [-0.4, -0.2) is 34.9 Å². The lowest BCUT2D eigenvalue weighted by Gasteiger charge is -2.17. The second-order valence-corrected chi connectivity index (χ2v) is 7.29. The Morgan fingerprint density at radius 3 is 2.62 bits per heavy atom. The Labute approximate surface area is 183 Å². The highest BCUT2D eigenvalue weighted by Gasteiger charge is 2.35. The van der Waals surface area contributed by atoms with E-state index in [1.807, 2.05) is 0 Å². The first-order chi connectivity index (χ1) is 15.2. The molecule has 8 nitrogen and oxygen atoms in total. The van der Waals surface area contributed by atoms with Crippen LogP contribution in [0.4, 0.5) is 24.9 Å². The molecular weight excluding hydrogens is 453 g/mol. The van der Waals surface area contributed by atoms with Gasteiger partial charge in [-0.25, -0.2) is 0 Å². The number of benzene rings is 2. The molecule has 2 amide bonds. The summed E-state index contributed by atoms with van der Waals surface area (Å²) in [5.41, 5.74) is 0.707. The highest BCUT2D eigenvalue weighted by atomic mass is 35.5. The number of halogens is 4. The van der Waals surface area contributed by atoms with Crippen molar-refractivity contribution in [3.63, 3.8) is 0 Å². The van der Waals surface area contributed by atoms with E-state index in [0.717, 1.165) is 12.1 Å². The zero-order chi connectivity index (χ0) is 22.9. The van der Waals surface area contributed by atoms with Gasteiger partial charge in [-0.2, -0.15) is 0 Å². The van der Waals surface area contributed by atoms with Crippen LogP contribution in [0.3, 0.4) is 0 Å². The maximum atomic E-state index is 12.4. The van der Waals surface area contributed by atoms with Gasteiger partial charge in [-0.3, -0.25) is 14.9 Å². The average molecular weight is 467 g/mol. The number of ether oxygens (including phenoxy) is 1. The molecule has 1 N–H and O–H groups in total. The fourth-order valence-corrected chi connectivity index (χ4v) is 3.39. The van der Waals surface area contributed by atoms with Crippen molar-refractivity contribution >= 4 is 35.1 Å². The van der Waals surface area contributed by atoms with Gasteiger partial charge in [0.1, 0.15) is 5.75 Å². The van der Waals surface area contributed by atoms with Crippen molar-refractivity contribution in [3.8, 4) is 5.75 Å². The number of nitrogens with zero attached hydrogens (tertiary/aromatic N) is 3. The Morgan fingerprint density at radius 1 is 1.19 bits per heavy atom. The number of carbonyl (C=O) groups is 2. The van der Waals surface area contributed by atoms with Gasteiger partial charge in [-0.1, -0.05) is 22.8 Å². The topological polar surface area (TPSA) is 97.6 Å². The summed E-state index contributed by atoms with van der Waals surface area (Å²) < 4.78 is 46.2. The fourth-order valence-electron chi connectivity index (χ4n) is 3.20. The highest BCUT2D eigenvalue weighted by Crippen LogP contribution is 2.33. The molecule has 0 bridgehead atoms. The number of amides is 2. The number of nitrogens with one attached hydrogen (secondary N) is 1. The van der Waals surface area contributed by atoms with Crippen LogP contribution in [0.5, 0.6) is 5.75 Å². The van der Waals surface area contributed by atoms with Crippen molar-refractivity contribution in [1.29, 1.82) is 0 Å². The van der Waals surface area contributed by atoms with Crippen LogP contribution < -0.4 is 15.0 Å². The molecule has 0 aliphatic carbocycles. The van der Waals surface area contributed by atoms with Crippen LogP contribution >= 0.6 is 11.6 Å². The van der Waals surface area contributed by atoms with E-state index in [0.29, 0.717) is 16.3 Å². The summed E-state index contributed by atoms with van der Waals surface area (Å²) in [6.07, 6.45) is -4.74. The van der Waals surface area contributed by atoms with E-state index in [1.54, 1.807) is 18.2 Å². The molecule has 12 heteroatoms. The maximum absolute atomic E-state index is 12.4. The molecule has 166 valence electrons. The van der Waals surface area contributed by atoms with Crippen LogP contribution in [0.25, 0.3) is 0 Å². The molecule has 0 saturated carbocycles. The molecule has 0 radical (unpaired) electrons. The van der Waals surface area contributed by atoms with Gasteiger partial charge in [0.25, 0.3) is 5.91 Å². The number of alkyl halides is 3. The van der Waals surface area contributed by atoms with Crippen LogP contribution in [0, 0.1) is 0 Å². The van der Waals surface area contributed by atoms with Gasteiger partial charge < -0.3 is 14.1 Å². The van der Waals surface area contributed by atoms with Crippen molar-refractivity contribution < 1.29 is 31.9 Å². The molecule has 0 unspecified atom stereocenters. The molecule has 3 aromatic rings. The molecule has 1 atom stereocenters. The predicted octanol–water partition coefficient (Wildman–Crippen LogP) is 4.39. The van der Waals surface area contributed by atoms with Crippen molar-refractivity contribution in [2.75, 3.05) is 16.8 Å². The molecule has 2 aromatic carbocycles. The first-order valence-electron chi connectivity index (χ1n) is 9.24. The Morgan fingerprint density at radius 2 is 1.94 bits per heavy atom. The van der Waals surface area contributed by atoms with E-state index < -0.39 is 18.2 Å². The van der Waals surface area contributed by atoms with Crippen molar-refractivity contribution in [1.82, 2.24) is 10.2 Å². The summed E-state index contributed by atoms with van der Waals surface area (Å²) in [5, 5.41) is 10.5. The third kappa shape index (κ3) is 4.99. The van der Waals surface area contributed by atoms with Gasteiger partial charge in [0.15, 0.2) is 0 Å². The largest absolute Gasteiger partial charge is 0.573 e. The minimum atomic E-state index is -4.80. The minimum Gasteiger partial charge on any atom is -0.407 e. The number of rotatable bonds is 5. The SMILES string of the molecule is O=C(Nc1nnc([C@@H]2CC(=O)N(c3ccc(OC(F)(F)F)cc3)C2)o1)c1cccc(Cl)c1. The lowest BCUT2D eigenvalue weighted by atomic mass is 10.1. The molecule has 1 aliphatic heterocycles. The molecule has 4 rings (SSSR count). The first kappa shape index (κ1) is 21.6. The number of hydrogen-bond donors (Lipinski definition) is 1. The minimum absolute atomic E-state index is 0.0602. The number of anilines is 2. The van der Waals surface area contributed by atoms with E-state index in [1.165, 1.54) is 23.1 Å². The molecular formula is C20H14ClF3N4O4. The molecule has 2 heterocycles. The van der Waals surface area contributed by atoms with Gasteiger partial charge in [0.2, 0.25) is 11.8 Å². The van der Waals surface area contributed by atoms with Crippen LogP contribution in [0.2, 0.25) is 5.02 Å². The van der Waals surface area contributed by atoms with Crippen molar-refractivity contribution in [3.05, 3.63) is 65.0 Å². The van der Waals surface area contributed by atoms with E-state index in [9.17, 15) is 22.8 Å². The number of aromatic nitrogens is 2. The standard InChI is InChI=1S/C20H14ClF3N4O4/c21-13-3-1-2-11(8-13)17(30)25-19-27-26-18(31-19)12-9-16(29)28(10-12)14-4-6-15(7-5-14)32-20(22,23)24/h1-8,12H,9-10H2,(H,25,27,30)/t12-/m1/s1. The van der Waals surface area contributed by atoms with Gasteiger partial charge in [0.05, 0.1) is 5.92 Å². The van der Waals surface area contributed by atoms with Gasteiger partial charge in [0, 0.05) is 29.2 Å². The molecule has 1 saturated heterocycles. The Hall–Kier alpha value is -3.60. The van der Waals surface area contributed by atoms with Gasteiger partial charge >= 0.3 is 12.4 Å². The van der Waals surface area contributed by atoms with Gasteiger partial charge in [-0.05, 0) is 42.5 Å². The smallest absolute Gasteiger partial charge is 0.407 e. The van der Waals surface area contributed by atoms with Crippen LogP contribution in [0.1, 0.15) is 28.6 Å². The number of carbonyl (C=O) groups excluding carboxylic acids is 2. The monoisotopic (exact) mass is 466 g/mol. The second kappa shape index (κ2) is 8.50. The predicted molar refractivity (Wildman–Crippen MR) is 107 cm³/mol. The normalized spacial score (nSPS) is 16.3. The molecule has 0 spiro atoms. The zero-order valence-electron chi connectivity index (χ0n) is 16.1. The molecule has 1 aromatic heterocycles. The quantitative estimate of drug-likeness (QED) is 0.598. The third-order valence-corrected chi connectivity index (χ3v) is 4.84. The van der Waals surface area contributed by atoms with E-state index in [4.69, 9.17) is 16.0 Å². The fraction of sp³-hybridized carbons (Fsp3) is 0.200. The zero-order valence-corrected chi connectivity index (χ0v) is 16.9. The van der Waals surface area contributed by atoms with Crippen molar-refractivity contribution in [2.24, 2.45) is 0 Å². The van der Waals surface area contributed by atoms with Crippen molar-refractivity contribution in [2.45, 2.75) is 18.7 Å². The summed E-state index contributed by atoms with van der Waals surface area (Å²) in [7, 11) is 0. The lowest BCUT2D eigenvalue weighted by molar-refractivity contribution is -0.274. The van der Waals surface area contributed by atoms with Crippen LogP contribution in [0.15, 0.2) is 52.9 Å². The Balaban J connectivity index is 1.41. The van der Waals surface area contributed by atoms with E-state index >= 15 is 0 Å². The molecule has 1 aliphatic rings. The van der Waals surface area contributed by atoms with E-state index in [2.05, 4.69) is 20.3 Å². The van der Waals surface area contributed by atoms with Gasteiger partial charge in [-0.15, -0.1) is 18.3 Å². The Kier molecular flexibility index (Phi) is 5.74. The molecule has 1 fully saturated rings. The highest BCUT2D eigenvalue weighted by molar-refractivity contribution is 6.31. The summed E-state index contributed by atoms with van der Waals surface area (Å²) in [6.45, 7) is 0.183. The summed E-state index contributed by atoms with van der Waals surface area (Å²) in [5.74, 6) is -1.44. The third-order valence-electron chi connectivity index (χ3n) is 4.60. The summed E-state index contributed by atoms with van der Waals surface area (Å²) in [4.78, 5) is 26.1. The first-order valence-corrected chi connectivity index (χ1v) is 9.62. The Bertz CT molecular complexity index is 1150. The molecule has 32 heavy (non-hydrogen) atoms. The average Bonchev–Trinajstić information content (AvgIpc) is 3.34.